The lowest BCUT2D eigenvalue weighted by atomic mass is 9.86. The van der Waals surface area contributed by atoms with Gasteiger partial charge in [0.2, 0.25) is 10.0 Å². The van der Waals surface area contributed by atoms with Gasteiger partial charge < -0.3 is 19.9 Å². The number of nitrogens with one attached hydrogen (secondary N) is 3. The molecule has 1 amide bonds. The number of rotatable bonds is 8. The van der Waals surface area contributed by atoms with Gasteiger partial charge in [-0.05, 0) is 72.4 Å². The second kappa shape index (κ2) is 11.4. The molecule has 1 aliphatic carbocycles. The first-order valence-corrected chi connectivity index (χ1v) is 15.0. The van der Waals surface area contributed by atoms with Gasteiger partial charge in [-0.3, -0.25) is 0 Å². The van der Waals surface area contributed by atoms with Crippen molar-refractivity contribution >= 4 is 39.0 Å². The van der Waals surface area contributed by atoms with E-state index >= 15 is 0 Å². The van der Waals surface area contributed by atoms with E-state index in [1.54, 1.807) is 45.2 Å². The maximum absolute atomic E-state index is 13.5. The number of benzene rings is 1. The van der Waals surface area contributed by atoms with Crippen molar-refractivity contribution in [2.24, 2.45) is 0 Å². The minimum Gasteiger partial charge on any atom is -0.447 e. The number of sulfonamides is 1. The molecule has 0 atom stereocenters. The number of alkyl carbamates (subject to hydrolysis) is 1. The minimum atomic E-state index is -3.85. The number of thiazole rings is 1. The molecule has 1 aliphatic rings. The Hall–Kier alpha value is -2.96. The van der Waals surface area contributed by atoms with Crippen LogP contribution in [0.4, 0.5) is 16.3 Å². The minimum absolute atomic E-state index is 0.0851. The van der Waals surface area contributed by atoms with Crippen LogP contribution in [0.25, 0.3) is 10.4 Å². The molecule has 0 spiro atoms. The Bertz CT molecular complexity index is 1340. The summed E-state index contributed by atoms with van der Waals surface area (Å²) in [7, 11) is -3.85. The van der Waals surface area contributed by atoms with Crippen molar-refractivity contribution in [2.75, 3.05) is 5.32 Å². The van der Waals surface area contributed by atoms with Crippen LogP contribution >= 0.6 is 11.3 Å². The van der Waals surface area contributed by atoms with E-state index in [1.165, 1.54) is 17.6 Å². The zero-order valence-corrected chi connectivity index (χ0v) is 23.9. The standard InChI is InChI=1S/C26H35N5O5S2/c1-16(2)36-25(32)29-18-8-6-17(7-9-18)24-27-15-21(37-24)20-11-10-19(28-23-12-13-35-30-23)14-22(20)38(33,34)31-26(3,4)5/h10-18,31H,6-9H2,1-5H3,(H,28,30)(H,29,32). The first kappa shape index (κ1) is 28.1. The number of aromatic nitrogens is 2. The van der Waals surface area contributed by atoms with Gasteiger partial charge in [-0.2, -0.15) is 0 Å². The fourth-order valence-electron chi connectivity index (χ4n) is 4.41. The van der Waals surface area contributed by atoms with Gasteiger partial charge in [0.25, 0.3) is 0 Å². The number of amides is 1. The van der Waals surface area contributed by atoms with Gasteiger partial charge in [0.05, 0.1) is 20.9 Å². The Balaban J connectivity index is 1.54. The molecule has 0 radical (unpaired) electrons. The summed E-state index contributed by atoms with van der Waals surface area (Å²) in [5.41, 5.74) is 0.505. The summed E-state index contributed by atoms with van der Waals surface area (Å²) in [6.45, 7) is 9.07. The fourth-order valence-corrected chi connectivity index (χ4v) is 7.27. The third-order valence-corrected chi connectivity index (χ3v) is 8.94. The summed E-state index contributed by atoms with van der Waals surface area (Å²) in [4.78, 5) is 17.6. The lowest BCUT2D eigenvalue weighted by Crippen LogP contribution is -2.40. The van der Waals surface area contributed by atoms with E-state index < -0.39 is 15.6 Å². The molecule has 12 heteroatoms. The summed E-state index contributed by atoms with van der Waals surface area (Å²) < 4.78 is 39.7. The van der Waals surface area contributed by atoms with Gasteiger partial charge in [-0.25, -0.2) is 22.9 Å². The lowest BCUT2D eigenvalue weighted by molar-refractivity contribution is 0.109. The zero-order chi connectivity index (χ0) is 27.5. The molecule has 0 bridgehead atoms. The third-order valence-electron chi connectivity index (χ3n) is 5.95. The molecule has 38 heavy (non-hydrogen) atoms. The Morgan fingerprint density at radius 3 is 2.53 bits per heavy atom. The molecule has 1 fully saturated rings. The monoisotopic (exact) mass is 561 g/mol. The molecule has 10 nitrogen and oxygen atoms in total. The van der Waals surface area contributed by atoms with E-state index in [-0.39, 0.29) is 29.1 Å². The molecule has 3 aromatic rings. The van der Waals surface area contributed by atoms with Crippen molar-refractivity contribution in [3.05, 3.63) is 41.7 Å². The van der Waals surface area contributed by atoms with Crippen molar-refractivity contribution in [1.82, 2.24) is 20.2 Å². The second-order valence-electron chi connectivity index (χ2n) is 10.8. The van der Waals surface area contributed by atoms with Gasteiger partial charge in [0, 0.05) is 41.0 Å². The highest BCUT2D eigenvalue weighted by Crippen LogP contribution is 2.40. The van der Waals surface area contributed by atoms with Crippen LogP contribution in [0.2, 0.25) is 0 Å². The number of anilines is 2. The number of carbonyl (C=O) groups excluding carboxylic acids is 1. The van der Waals surface area contributed by atoms with E-state index in [9.17, 15) is 13.2 Å². The van der Waals surface area contributed by atoms with Crippen LogP contribution in [-0.4, -0.2) is 42.3 Å². The SMILES string of the molecule is CC(C)OC(=O)NC1CCC(c2ncc(-c3ccc(Nc4ccon4)cc3S(=O)(=O)NC(C)(C)C)s2)CC1. The van der Waals surface area contributed by atoms with E-state index in [2.05, 4.69) is 25.5 Å². The Morgan fingerprint density at radius 1 is 1.16 bits per heavy atom. The molecule has 4 rings (SSSR count). The lowest BCUT2D eigenvalue weighted by Gasteiger charge is -2.28. The quantitative estimate of drug-likeness (QED) is 0.315. The molecule has 0 aliphatic heterocycles. The van der Waals surface area contributed by atoms with Crippen molar-refractivity contribution in [2.45, 2.75) is 88.8 Å². The van der Waals surface area contributed by atoms with Crippen molar-refractivity contribution in [1.29, 1.82) is 0 Å². The van der Waals surface area contributed by atoms with E-state index in [4.69, 9.17) is 9.26 Å². The average Bonchev–Trinajstić information content (AvgIpc) is 3.50. The molecular weight excluding hydrogens is 526 g/mol. The highest BCUT2D eigenvalue weighted by molar-refractivity contribution is 7.89. The summed E-state index contributed by atoms with van der Waals surface area (Å²) in [6, 6.07) is 6.94. The summed E-state index contributed by atoms with van der Waals surface area (Å²) in [6.07, 6.45) is 6.11. The Kier molecular flexibility index (Phi) is 8.43. The molecule has 3 N–H and O–H groups in total. The molecular formula is C26H35N5O5S2. The number of ether oxygens (including phenoxy) is 1. The predicted octanol–water partition coefficient (Wildman–Crippen LogP) is 5.78. The van der Waals surface area contributed by atoms with E-state index in [0.717, 1.165) is 35.6 Å². The zero-order valence-electron chi connectivity index (χ0n) is 22.3. The highest BCUT2D eigenvalue weighted by atomic mass is 32.2. The number of nitrogens with zero attached hydrogens (tertiary/aromatic N) is 2. The smallest absolute Gasteiger partial charge is 0.407 e. The number of hydrogen-bond acceptors (Lipinski definition) is 9. The second-order valence-corrected chi connectivity index (χ2v) is 13.5. The largest absolute Gasteiger partial charge is 0.447 e. The molecule has 0 unspecified atom stereocenters. The van der Waals surface area contributed by atoms with Crippen LogP contribution < -0.4 is 15.4 Å². The van der Waals surface area contributed by atoms with Gasteiger partial charge in [0.15, 0.2) is 5.82 Å². The topological polar surface area (TPSA) is 135 Å². The molecule has 1 aromatic carbocycles. The maximum atomic E-state index is 13.5. The third kappa shape index (κ3) is 7.33. The van der Waals surface area contributed by atoms with Gasteiger partial charge in [-0.15, -0.1) is 11.3 Å². The first-order chi connectivity index (χ1) is 17.9. The van der Waals surface area contributed by atoms with Crippen LogP contribution in [0.15, 0.2) is 46.1 Å². The average molecular weight is 562 g/mol. The summed E-state index contributed by atoms with van der Waals surface area (Å²) in [5, 5.41) is 10.8. The van der Waals surface area contributed by atoms with Crippen LogP contribution in [0.1, 0.15) is 71.2 Å². The molecule has 206 valence electrons. The van der Waals surface area contributed by atoms with Crippen LogP contribution in [0.3, 0.4) is 0 Å². The van der Waals surface area contributed by atoms with Crippen molar-refractivity contribution < 1.29 is 22.5 Å². The molecule has 1 saturated carbocycles. The Morgan fingerprint density at radius 2 is 1.89 bits per heavy atom. The van der Waals surface area contributed by atoms with Crippen molar-refractivity contribution in [3.63, 3.8) is 0 Å². The summed E-state index contributed by atoms with van der Waals surface area (Å²) >= 11 is 1.51. The molecule has 2 aromatic heterocycles. The van der Waals surface area contributed by atoms with Gasteiger partial charge >= 0.3 is 6.09 Å². The van der Waals surface area contributed by atoms with Gasteiger partial charge in [-0.1, -0.05) is 11.2 Å². The highest BCUT2D eigenvalue weighted by Gasteiger charge is 2.29. The normalized spacial score (nSPS) is 18.4. The fraction of sp³-hybridized carbons (Fsp3) is 0.500. The van der Waals surface area contributed by atoms with Gasteiger partial charge in [0.1, 0.15) is 6.26 Å². The Labute approximate surface area is 227 Å². The molecule has 2 heterocycles. The predicted molar refractivity (Wildman–Crippen MR) is 147 cm³/mol. The van der Waals surface area contributed by atoms with E-state index in [0.29, 0.717) is 17.1 Å². The molecule has 0 saturated heterocycles. The summed E-state index contributed by atoms with van der Waals surface area (Å²) in [5.74, 6) is 0.737. The maximum Gasteiger partial charge on any atom is 0.407 e. The number of carbonyl (C=O) groups is 1. The van der Waals surface area contributed by atoms with Crippen LogP contribution in [-0.2, 0) is 14.8 Å². The van der Waals surface area contributed by atoms with Crippen LogP contribution in [0.5, 0.6) is 0 Å². The van der Waals surface area contributed by atoms with E-state index in [1.807, 2.05) is 19.9 Å². The van der Waals surface area contributed by atoms with Crippen LogP contribution in [0, 0.1) is 0 Å². The number of hydrogen-bond donors (Lipinski definition) is 3. The first-order valence-electron chi connectivity index (χ1n) is 12.7. The van der Waals surface area contributed by atoms with Crippen molar-refractivity contribution in [3.8, 4) is 10.4 Å².